The van der Waals surface area contributed by atoms with E-state index in [9.17, 15) is 4.39 Å². The number of nitrogens with zero attached hydrogens (tertiary/aromatic N) is 3. The SMILES string of the molecule is Cn1cc(CNc2ccc(F)cn2)cn1. The van der Waals surface area contributed by atoms with Crippen LogP contribution in [0.4, 0.5) is 10.2 Å². The molecule has 2 rings (SSSR count). The van der Waals surface area contributed by atoms with Gasteiger partial charge in [-0.25, -0.2) is 9.37 Å². The highest BCUT2D eigenvalue weighted by Crippen LogP contribution is 2.05. The van der Waals surface area contributed by atoms with E-state index in [0.29, 0.717) is 12.4 Å². The summed E-state index contributed by atoms with van der Waals surface area (Å²) in [4.78, 5) is 3.89. The average Bonchev–Trinajstić information content (AvgIpc) is 2.64. The van der Waals surface area contributed by atoms with Gasteiger partial charge in [0.1, 0.15) is 11.6 Å². The number of hydrogen-bond acceptors (Lipinski definition) is 3. The highest BCUT2D eigenvalue weighted by atomic mass is 19.1. The maximum absolute atomic E-state index is 12.5. The van der Waals surface area contributed by atoms with Crippen LogP contribution in [-0.4, -0.2) is 14.8 Å². The molecule has 0 unspecified atom stereocenters. The van der Waals surface area contributed by atoms with Crippen molar-refractivity contribution in [3.63, 3.8) is 0 Å². The normalized spacial score (nSPS) is 10.3. The summed E-state index contributed by atoms with van der Waals surface area (Å²) in [7, 11) is 1.86. The van der Waals surface area contributed by atoms with Crippen LogP contribution in [0.2, 0.25) is 0 Å². The molecule has 78 valence electrons. The Balaban J connectivity index is 1.96. The fourth-order valence-corrected chi connectivity index (χ4v) is 1.24. The van der Waals surface area contributed by atoms with Gasteiger partial charge in [0.2, 0.25) is 0 Å². The van der Waals surface area contributed by atoms with Crippen molar-refractivity contribution in [3.8, 4) is 0 Å². The first-order chi connectivity index (χ1) is 7.24. The fraction of sp³-hybridized carbons (Fsp3) is 0.200. The number of aromatic nitrogens is 3. The second-order valence-electron chi connectivity index (χ2n) is 3.24. The van der Waals surface area contributed by atoms with Crippen LogP contribution in [0.5, 0.6) is 0 Å². The number of anilines is 1. The van der Waals surface area contributed by atoms with E-state index in [1.54, 1.807) is 16.9 Å². The maximum Gasteiger partial charge on any atom is 0.141 e. The molecule has 4 nitrogen and oxygen atoms in total. The van der Waals surface area contributed by atoms with Crippen LogP contribution < -0.4 is 5.32 Å². The van der Waals surface area contributed by atoms with Crippen molar-refractivity contribution >= 4 is 5.82 Å². The van der Waals surface area contributed by atoms with Crippen molar-refractivity contribution in [1.82, 2.24) is 14.8 Å². The third-order valence-corrected chi connectivity index (χ3v) is 1.96. The molecule has 0 saturated heterocycles. The van der Waals surface area contributed by atoms with Crippen LogP contribution in [0, 0.1) is 5.82 Å². The Labute approximate surface area is 86.8 Å². The average molecular weight is 206 g/mol. The van der Waals surface area contributed by atoms with Crippen LogP contribution in [0.25, 0.3) is 0 Å². The van der Waals surface area contributed by atoms with Gasteiger partial charge in [-0.3, -0.25) is 4.68 Å². The summed E-state index contributed by atoms with van der Waals surface area (Å²) in [6.45, 7) is 0.631. The Morgan fingerprint density at radius 2 is 2.27 bits per heavy atom. The van der Waals surface area contributed by atoms with Crippen LogP contribution >= 0.6 is 0 Å². The standard InChI is InChI=1S/C10H11FN4/c1-15-7-8(5-14-15)4-12-10-3-2-9(11)6-13-10/h2-3,5-7H,4H2,1H3,(H,12,13). The van der Waals surface area contributed by atoms with Gasteiger partial charge in [0.15, 0.2) is 0 Å². The molecule has 0 amide bonds. The van der Waals surface area contributed by atoms with Crippen molar-refractivity contribution in [2.45, 2.75) is 6.54 Å². The second kappa shape index (κ2) is 4.08. The van der Waals surface area contributed by atoms with Gasteiger partial charge in [0, 0.05) is 25.4 Å². The number of pyridine rings is 1. The summed E-state index contributed by atoms with van der Waals surface area (Å²) in [5.74, 6) is 0.321. The summed E-state index contributed by atoms with van der Waals surface area (Å²) in [6.07, 6.45) is 4.87. The third-order valence-electron chi connectivity index (χ3n) is 1.96. The molecule has 0 aliphatic carbocycles. The molecule has 2 heterocycles. The zero-order valence-electron chi connectivity index (χ0n) is 8.31. The van der Waals surface area contributed by atoms with Crippen LogP contribution in [-0.2, 0) is 13.6 Å². The van der Waals surface area contributed by atoms with Crippen molar-refractivity contribution in [2.75, 3.05) is 5.32 Å². The molecule has 0 bridgehead atoms. The first-order valence-electron chi connectivity index (χ1n) is 4.57. The Morgan fingerprint density at radius 3 is 2.87 bits per heavy atom. The molecule has 0 saturated carbocycles. The fourth-order valence-electron chi connectivity index (χ4n) is 1.24. The van der Waals surface area contributed by atoms with Crippen molar-refractivity contribution in [2.24, 2.45) is 7.05 Å². The molecule has 5 heteroatoms. The molecule has 0 radical (unpaired) electrons. The number of nitrogens with one attached hydrogen (secondary N) is 1. The van der Waals surface area contributed by atoms with Gasteiger partial charge in [-0.15, -0.1) is 0 Å². The molecule has 0 spiro atoms. The van der Waals surface area contributed by atoms with Gasteiger partial charge >= 0.3 is 0 Å². The molecular formula is C10H11FN4. The predicted octanol–water partition coefficient (Wildman–Crippen LogP) is 1.57. The van der Waals surface area contributed by atoms with E-state index in [-0.39, 0.29) is 5.82 Å². The summed E-state index contributed by atoms with van der Waals surface area (Å²) < 4.78 is 14.3. The topological polar surface area (TPSA) is 42.7 Å². The Morgan fingerprint density at radius 1 is 1.40 bits per heavy atom. The number of aryl methyl sites for hydroxylation is 1. The molecule has 1 N–H and O–H groups in total. The Kier molecular flexibility index (Phi) is 2.62. The van der Waals surface area contributed by atoms with Crippen LogP contribution in [0.3, 0.4) is 0 Å². The van der Waals surface area contributed by atoms with E-state index in [1.165, 1.54) is 12.3 Å². The van der Waals surface area contributed by atoms with E-state index < -0.39 is 0 Å². The molecule has 0 fully saturated rings. The zero-order chi connectivity index (χ0) is 10.7. The quantitative estimate of drug-likeness (QED) is 0.828. The number of halogens is 1. The van der Waals surface area contributed by atoms with E-state index in [2.05, 4.69) is 15.4 Å². The highest BCUT2D eigenvalue weighted by molar-refractivity contribution is 5.34. The first-order valence-corrected chi connectivity index (χ1v) is 4.57. The van der Waals surface area contributed by atoms with E-state index >= 15 is 0 Å². The summed E-state index contributed by atoms with van der Waals surface area (Å²) in [5, 5.41) is 7.11. The molecule has 15 heavy (non-hydrogen) atoms. The molecule has 2 aromatic heterocycles. The minimum atomic E-state index is -0.332. The van der Waals surface area contributed by atoms with Crippen LogP contribution in [0.15, 0.2) is 30.7 Å². The summed E-state index contributed by atoms with van der Waals surface area (Å²) in [5.41, 5.74) is 1.06. The van der Waals surface area contributed by atoms with Crippen molar-refractivity contribution < 1.29 is 4.39 Å². The lowest BCUT2D eigenvalue weighted by Gasteiger charge is -2.02. The highest BCUT2D eigenvalue weighted by Gasteiger charge is 1.97. The molecule has 0 atom stereocenters. The van der Waals surface area contributed by atoms with Gasteiger partial charge in [0.25, 0.3) is 0 Å². The van der Waals surface area contributed by atoms with Gasteiger partial charge < -0.3 is 5.32 Å². The monoisotopic (exact) mass is 206 g/mol. The lowest BCUT2D eigenvalue weighted by atomic mass is 10.3. The largest absolute Gasteiger partial charge is 0.366 e. The molecule has 2 aromatic rings. The molecule has 0 aliphatic heterocycles. The third kappa shape index (κ3) is 2.52. The zero-order valence-corrected chi connectivity index (χ0v) is 8.31. The lowest BCUT2D eigenvalue weighted by Crippen LogP contribution is -2.00. The molecule has 0 aliphatic rings. The van der Waals surface area contributed by atoms with Gasteiger partial charge in [0.05, 0.1) is 12.4 Å². The summed E-state index contributed by atoms with van der Waals surface area (Å²) in [6, 6.07) is 2.98. The Hall–Kier alpha value is -1.91. The molecule has 0 aromatic carbocycles. The van der Waals surface area contributed by atoms with E-state index in [0.717, 1.165) is 5.56 Å². The molecular weight excluding hydrogens is 195 g/mol. The van der Waals surface area contributed by atoms with Crippen molar-refractivity contribution in [3.05, 3.63) is 42.1 Å². The lowest BCUT2D eigenvalue weighted by molar-refractivity contribution is 0.621. The maximum atomic E-state index is 12.5. The van der Waals surface area contributed by atoms with E-state index in [4.69, 9.17) is 0 Å². The smallest absolute Gasteiger partial charge is 0.141 e. The van der Waals surface area contributed by atoms with E-state index in [1.807, 2.05) is 13.2 Å². The van der Waals surface area contributed by atoms with Crippen LogP contribution in [0.1, 0.15) is 5.56 Å². The minimum absolute atomic E-state index is 0.332. The number of rotatable bonds is 3. The number of hydrogen-bond donors (Lipinski definition) is 1. The Bertz CT molecular complexity index is 435. The summed E-state index contributed by atoms with van der Waals surface area (Å²) >= 11 is 0. The van der Waals surface area contributed by atoms with Gasteiger partial charge in [-0.05, 0) is 12.1 Å². The first kappa shape index (κ1) is 9.64. The van der Waals surface area contributed by atoms with Crippen molar-refractivity contribution in [1.29, 1.82) is 0 Å². The predicted molar refractivity (Wildman–Crippen MR) is 54.7 cm³/mol. The minimum Gasteiger partial charge on any atom is -0.366 e. The van der Waals surface area contributed by atoms with Gasteiger partial charge in [-0.2, -0.15) is 5.10 Å². The second-order valence-corrected chi connectivity index (χ2v) is 3.24. The van der Waals surface area contributed by atoms with Gasteiger partial charge in [-0.1, -0.05) is 0 Å².